The highest BCUT2D eigenvalue weighted by molar-refractivity contribution is 5.50. The Morgan fingerprint density at radius 2 is 1.89 bits per heavy atom. The molecule has 0 heterocycles. The molecule has 2 rings (SSSR count). The molecule has 2 nitrogen and oxygen atoms in total. The summed E-state index contributed by atoms with van der Waals surface area (Å²) in [5.74, 6) is -0.216. The quantitative estimate of drug-likeness (QED) is 0.804. The van der Waals surface area contributed by atoms with Crippen molar-refractivity contribution < 1.29 is 9.50 Å². The lowest BCUT2D eigenvalue weighted by Gasteiger charge is -2.27. The highest BCUT2D eigenvalue weighted by Crippen LogP contribution is 2.27. The van der Waals surface area contributed by atoms with Crippen LogP contribution in [0.15, 0.2) is 18.2 Å². The second-order valence-electron chi connectivity index (χ2n) is 5.45. The van der Waals surface area contributed by atoms with E-state index in [1.807, 2.05) is 6.92 Å². The number of nitrogens with one attached hydrogen (secondary N) is 1. The smallest absolute Gasteiger partial charge is 0.123 e. The minimum Gasteiger partial charge on any atom is -0.388 e. The van der Waals surface area contributed by atoms with Gasteiger partial charge in [0.1, 0.15) is 5.82 Å². The van der Waals surface area contributed by atoms with Gasteiger partial charge in [0.25, 0.3) is 0 Å². The number of benzene rings is 1. The Balaban J connectivity index is 1.97. The van der Waals surface area contributed by atoms with Gasteiger partial charge in [0.15, 0.2) is 0 Å². The predicted molar refractivity (Wildman–Crippen MR) is 72.3 cm³/mol. The molecule has 0 spiro atoms. The van der Waals surface area contributed by atoms with Crippen LogP contribution in [0.3, 0.4) is 0 Å². The van der Waals surface area contributed by atoms with Crippen LogP contribution in [-0.2, 0) is 0 Å². The van der Waals surface area contributed by atoms with Crippen LogP contribution in [0.25, 0.3) is 0 Å². The van der Waals surface area contributed by atoms with E-state index in [1.165, 1.54) is 25.0 Å². The van der Waals surface area contributed by atoms with Gasteiger partial charge in [-0.1, -0.05) is 25.7 Å². The van der Waals surface area contributed by atoms with Crippen molar-refractivity contribution in [3.63, 3.8) is 0 Å². The van der Waals surface area contributed by atoms with Crippen molar-refractivity contribution in [1.82, 2.24) is 0 Å². The highest BCUT2D eigenvalue weighted by Gasteiger charge is 2.27. The second-order valence-corrected chi connectivity index (χ2v) is 5.45. The Morgan fingerprint density at radius 1 is 1.22 bits per heavy atom. The van der Waals surface area contributed by atoms with Crippen molar-refractivity contribution in [3.05, 3.63) is 29.6 Å². The van der Waals surface area contributed by atoms with E-state index in [4.69, 9.17) is 0 Å². The summed E-state index contributed by atoms with van der Waals surface area (Å²) in [5, 5.41) is 13.8. The average molecular weight is 251 g/mol. The Hall–Kier alpha value is -1.09. The molecule has 0 radical (unpaired) electrons. The van der Waals surface area contributed by atoms with Gasteiger partial charge in [-0.05, 0) is 43.5 Å². The van der Waals surface area contributed by atoms with Crippen LogP contribution in [0, 0.1) is 12.7 Å². The first-order chi connectivity index (χ1) is 8.59. The van der Waals surface area contributed by atoms with Crippen LogP contribution in [0.5, 0.6) is 0 Å². The largest absolute Gasteiger partial charge is 0.388 e. The van der Waals surface area contributed by atoms with Crippen LogP contribution >= 0.6 is 0 Å². The lowest BCUT2D eigenvalue weighted by Crippen LogP contribution is -2.36. The number of anilines is 1. The molecule has 1 aromatic rings. The number of hydrogen-bond donors (Lipinski definition) is 2. The molecule has 2 N–H and O–H groups in total. The van der Waals surface area contributed by atoms with Crippen molar-refractivity contribution in [2.45, 2.75) is 51.0 Å². The molecular formula is C15H22FNO. The van der Waals surface area contributed by atoms with Gasteiger partial charge in [-0.25, -0.2) is 4.39 Å². The van der Waals surface area contributed by atoms with E-state index in [-0.39, 0.29) is 5.82 Å². The molecule has 3 heteroatoms. The molecule has 0 saturated heterocycles. The van der Waals surface area contributed by atoms with Crippen molar-refractivity contribution in [3.8, 4) is 0 Å². The maximum absolute atomic E-state index is 13.0. The molecule has 1 aromatic carbocycles. The van der Waals surface area contributed by atoms with E-state index in [0.717, 1.165) is 36.9 Å². The molecule has 1 aliphatic carbocycles. The van der Waals surface area contributed by atoms with Crippen LogP contribution in [0.4, 0.5) is 10.1 Å². The topological polar surface area (TPSA) is 32.3 Å². The zero-order chi connectivity index (χ0) is 13.0. The molecule has 100 valence electrons. The number of halogens is 1. The maximum Gasteiger partial charge on any atom is 0.123 e. The van der Waals surface area contributed by atoms with Crippen LogP contribution < -0.4 is 5.32 Å². The van der Waals surface area contributed by atoms with E-state index in [9.17, 15) is 9.50 Å². The van der Waals surface area contributed by atoms with Crippen LogP contribution in [0.1, 0.15) is 44.1 Å². The summed E-state index contributed by atoms with van der Waals surface area (Å²) in [7, 11) is 0. The van der Waals surface area contributed by atoms with Gasteiger partial charge in [0.05, 0.1) is 5.60 Å². The van der Waals surface area contributed by atoms with E-state index in [0.29, 0.717) is 6.54 Å². The lowest BCUT2D eigenvalue weighted by molar-refractivity contribution is 0.0381. The lowest BCUT2D eigenvalue weighted by atomic mass is 9.94. The molecule has 0 aliphatic heterocycles. The van der Waals surface area contributed by atoms with Crippen molar-refractivity contribution in [2.75, 3.05) is 11.9 Å². The summed E-state index contributed by atoms with van der Waals surface area (Å²) < 4.78 is 13.0. The molecule has 0 aromatic heterocycles. The zero-order valence-corrected chi connectivity index (χ0v) is 11.0. The number of rotatable bonds is 3. The Morgan fingerprint density at radius 3 is 2.50 bits per heavy atom. The molecule has 0 atom stereocenters. The third-order valence-electron chi connectivity index (χ3n) is 3.83. The minimum atomic E-state index is -0.600. The standard InChI is InChI=1S/C15H22FNO/c1-12-10-13(16)6-7-14(12)17-11-15(18)8-4-2-3-5-9-15/h6-7,10,17-18H,2-5,8-9,11H2,1H3. The first-order valence-electron chi connectivity index (χ1n) is 6.81. The maximum atomic E-state index is 13.0. The molecule has 0 amide bonds. The van der Waals surface area contributed by atoms with Crippen LogP contribution in [0.2, 0.25) is 0 Å². The van der Waals surface area contributed by atoms with Gasteiger partial charge >= 0.3 is 0 Å². The van der Waals surface area contributed by atoms with Crippen LogP contribution in [-0.4, -0.2) is 17.3 Å². The van der Waals surface area contributed by atoms with E-state index in [1.54, 1.807) is 6.07 Å². The van der Waals surface area contributed by atoms with Gasteiger partial charge in [-0.15, -0.1) is 0 Å². The Kier molecular flexibility index (Phi) is 4.23. The number of aliphatic hydroxyl groups is 1. The minimum absolute atomic E-state index is 0.216. The highest BCUT2D eigenvalue weighted by atomic mass is 19.1. The summed E-state index contributed by atoms with van der Waals surface area (Å²) in [6.45, 7) is 2.43. The summed E-state index contributed by atoms with van der Waals surface area (Å²) in [4.78, 5) is 0. The summed E-state index contributed by atoms with van der Waals surface area (Å²) in [5.41, 5.74) is 1.19. The third-order valence-corrected chi connectivity index (χ3v) is 3.83. The van der Waals surface area contributed by atoms with Gasteiger partial charge in [0, 0.05) is 12.2 Å². The molecule has 1 fully saturated rings. The third kappa shape index (κ3) is 3.45. The SMILES string of the molecule is Cc1cc(F)ccc1NCC1(O)CCCCCC1. The number of hydrogen-bond acceptors (Lipinski definition) is 2. The van der Waals surface area contributed by atoms with E-state index < -0.39 is 5.60 Å². The summed E-state index contributed by atoms with van der Waals surface area (Å²) >= 11 is 0. The molecule has 1 aliphatic rings. The fourth-order valence-electron chi connectivity index (χ4n) is 2.65. The van der Waals surface area contributed by atoms with E-state index in [2.05, 4.69) is 5.32 Å². The van der Waals surface area contributed by atoms with Gasteiger partial charge < -0.3 is 10.4 Å². The monoisotopic (exact) mass is 251 g/mol. The molecular weight excluding hydrogens is 229 g/mol. The Labute approximate surface area is 108 Å². The zero-order valence-electron chi connectivity index (χ0n) is 11.0. The molecule has 0 unspecified atom stereocenters. The first kappa shape index (κ1) is 13.3. The van der Waals surface area contributed by atoms with Crippen molar-refractivity contribution in [1.29, 1.82) is 0 Å². The molecule has 1 saturated carbocycles. The van der Waals surface area contributed by atoms with Crippen molar-refractivity contribution in [2.24, 2.45) is 0 Å². The van der Waals surface area contributed by atoms with E-state index >= 15 is 0 Å². The summed E-state index contributed by atoms with van der Waals surface area (Å²) in [6.07, 6.45) is 6.36. The normalized spacial score (nSPS) is 19.3. The van der Waals surface area contributed by atoms with Gasteiger partial charge in [-0.2, -0.15) is 0 Å². The fraction of sp³-hybridized carbons (Fsp3) is 0.600. The fourth-order valence-corrected chi connectivity index (χ4v) is 2.65. The summed E-state index contributed by atoms with van der Waals surface area (Å²) in [6, 6.07) is 4.71. The van der Waals surface area contributed by atoms with Gasteiger partial charge in [-0.3, -0.25) is 0 Å². The first-order valence-corrected chi connectivity index (χ1v) is 6.81. The number of aryl methyl sites for hydroxylation is 1. The molecule has 0 bridgehead atoms. The predicted octanol–water partition coefficient (Wildman–Crippen LogP) is 3.63. The average Bonchev–Trinajstić information content (AvgIpc) is 2.54. The Bertz CT molecular complexity index is 397. The second kappa shape index (κ2) is 5.70. The van der Waals surface area contributed by atoms with Gasteiger partial charge in [0.2, 0.25) is 0 Å². The van der Waals surface area contributed by atoms with Crippen molar-refractivity contribution >= 4 is 5.69 Å². The molecule has 18 heavy (non-hydrogen) atoms.